The van der Waals surface area contributed by atoms with Gasteiger partial charge in [0.15, 0.2) is 9.84 Å². The van der Waals surface area contributed by atoms with E-state index in [0.717, 1.165) is 30.4 Å². The van der Waals surface area contributed by atoms with Gasteiger partial charge in [-0.1, -0.05) is 38.1 Å². The van der Waals surface area contributed by atoms with Gasteiger partial charge < -0.3 is 20.3 Å². The minimum absolute atomic E-state index is 0.0593. The summed E-state index contributed by atoms with van der Waals surface area (Å²) in [5, 5.41) is 24.6. The first-order valence-electron chi connectivity index (χ1n) is 12.8. The summed E-state index contributed by atoms with van der Waals surface area (Å²) >= 11 is 0. The molecule has 0 bridgehead atoms. The van der Waals surface area contributed by atoms with Crippen LogP contribution in [0.3, 0.4) is 0 Å². The summed E-state index contributed by atoms with van der Waals surface area (Å²) in [6.07, 6.45) is 6.32. The number of carbonyl (C=O) groups excluding carboxylic acids is 1. The van der Waals surface area contributed by atoms with Crippen molar-refractivity contribution < 1.29 is 28.2 Å². The molecule has 3 aliphatic rings. The number of hydrogen-bond acceptors (Lipinski definition) is 7. The molecule has 0 amide bonds. The Morgan fingerprint density at radius 3 is 2.50 bits per heavy atom. The summed E-state index contributed by atoms with van der Waals surface area (Å²) < 4.78 is 28.8. The Balaban J connectivity index is 1.59. The number of benzene rings is 1. The molecule has 2 aliphatic carbocycles. The molecule has 1 aliphatic heterocycles. The fraction of sp³-hybridized carbons (Fsp3) is 0.607. The molecular weight excluding hydrogens is 478 g/mol. The van der Waals surface area contributed by atoms with Gasteiger partial charge in [0.05, 0.1) is 23.2 Å². The van der Waals surface area contributed by atoms with Gasteiger partial charge in [-0.3, -0.25) is 0 Å². The monoisotopic (exact) mass is 517 g/mol. The molecule has 0 saturated heterocycles. The largest absolute Gasteiger partial charge is 0.458 e. The molecule has 36 heavy (non-hydrogen) atoms. The number of hydrogen-bond donors (Lipinski definition) is 3. The molecule has 198 valence electrons. The fourth-order valence-corrected chi connectivity index (χ4v) is 7.58. The van der Waals surface area contributed by atoms with Crippen molar-refractivity contribution >= 4 is 15.8 Å². The molecular formula is C28H39NO6S. The van der Waals surface area contributed by atoms with E-state index in [1.165, 1.54) is 6.26 Å². The molecule has 6 atom stereocenters. The number of rotatable bonds is 8. The molecule has 0 radical (unpaired) electrons. The number of cyclic esters (lactones) is 1. The molecule has 1 heterocycles. The van der Waals surface area contributed by atoms with Gasteiger partial charge in [0.2, 0.25) is 0 Å². The lowest BCUT2D eigenvalue weighted by atomic mass is 9.46. The van der Waals surface area contributed by atoms with Crippen LogP contribution in [0.15, 0.2) is 53.0 Å². The number of sulfone groups is 1. The highest BCUT2D eigenvalue weighted by Crippen LogP contribution is 2.61. The van der Waals surface area contributed by atoms with Crippen molar-refractivity contribution in [3.8, 4) is 0 Å². The lowest BCUT2D eigenvalue weighted by Crippen LogP contribution is -2.58. The molecule has 7 nitrogen and oxygen atoms in total. The molecule has 8 heteroatoms. The van der Waals surface area contributed by atoms with Gasteiger partial charge in [-0.25, -0.2) is 13.2 Å². The molecule has 2 saturated carbocycles. The van der Waals surface area contributed by atoms with Crippen LogP contribution in [-0.4, -0.2) is 56.2 Å². The maximum atomic E-state index is 12.6. The van der Waals surface area contributed by atoms with Gasteiger partial charge in [0.25, 0.3) is 0 Å². The number of nitrogens with one attached hydrogen (secondary N) is 1. The summed E-state index contributed by atoms with van der Waals surface area (Å²) in [5.74, 6) is -0.0701. The number of aliphatic hydroxyl groups is 2. The van der Waals surface area contributed by atoms with Gasteiger partial charge in [-0.15, -0.1) is 0 Å². The highest BCUT2D eigenvalue weighted by molar-refractivity contribution is 7.90. The maximum absolute atomic E-state index is 12.6. The van der Waals surface area contributed by atoms with Crippen molar-refractivity contribution in [3.05, 3.63) is 53.6 Å². The lowest BCUT2D eigenvalue weighted by molar-refractivity contribution is -0.153. The first kappa shape index (κ1) is 27.0. The van der Waals surface area contributed by atoms with Crippen LogP contribution in [0.2, 0.25) is 0 Å². The van der Waals surface area contributed by atoms with Crippen LogP contribution in [-0.2, 0) is 25.9 Å². The van der Waals surface area contributed by atoms with E-state index in [-0.39, 0.29) is 47.4 Å². The third-order valence-corrected chi connectivity index (χ3v) is 10.3. The van der Waals surface area contributed by atoms with Crippen molar-refractivity contribution in [3.63, 3.8) is 0 Å². The molecule has 4 rings (SSSR count). The van der Waals surface area contributed by atoms with Crippen molar-refractivity contribution in [2.24, 2.45) is 22.7 Å². The smallest absolute Gasteiger partial charge is 0.335 e. The van der Waals surface area contributed by atoms with E-state index < -0.39 is 21.4 Å². The van der Waals surface area contributed by atoms with E-state index in [1.54, 1.807) is 24.3 Å². The summed E-state index contributed by atoms with van der Waals surface area (Å²) in [6, 6.07) is 6.51. The fourth-order valence-electron chi connectivity index (χ4n) is 6.95. The molecule has 1 aromatic rings. The first-order chi connectivity index (χ1) is 16.9. The van der Waals surface area contributed by atoms with Crippen LogP contribution < -0.4 is 5.32 Å². The van der Waals surface area contributed by atoms with Crippen LogP contribution in [0.4, 0.5) is 0 Å². The first-order valence-corrected chi connectivity index (χ1v) is 14.7. The standard InChI is InChI=1S/C28H39NO6S/c1-18-5-10-24-27(2,13-11-25(31)28(24,3)17-30)22(18)15-23(21-12-14-35-26(21)32)29-16-19-6-8-20(9-7-19)36(4,33)34/h6-9,12,22-25,29-31H,1,5,10-11,13-17H2,2-4H3/t22?,23?,24?,25-,27-,28+/m1/s1. The third-order valence-electron chi connectivity index (χ3n) is 9.20. The summed E-state index contributed by atoms with van der Waals surface area (Å²) in [4.78, 5) is 12.8. The van der Waals surface area contributed by atoms with E-state index in [9.17, 15) is 23.4 Å². The average molecular weight is 518 g/mol. The van der Waals surface area contributed by atoms with E-state index in [1.807, 2.05) is 13.0 Å². The zero-order valence-corrected chi connectivity index (χ0v) is 22.3. The number of ether oxygens (including phenoxy) is 1. The highest BCUT2D eigenvalue weighted by Gasteiger charge is 2.57. The van der Waals surface area contributed by atoms with E-state index in [0.29, 0.717) is 25.0 Å². The Bertz CT molecular complexity index is 1140. The lowest BCUT2D eigenvalue weighted by Gasteiger charge is -2.60. The topological polar surface area (TPSA) is 113 Å². The number of aliphatic hydroxyl groups excluding tert-OH is 2. The Morgan fingerprint density at radius 1 is 1.22 bits per heavy atom. The predicted molar refractivity (Wildman–Crippen MR) is 138 cm³/mol. The van der Waals surface area contributed by atoms with Gasteiger partial charge in [0.1, 0.15) is 6.61 Å². The van der Waals surface area contributed by atoms with Crippen molar-refractivity contribution in [1.29, 1.82) is 0 Å². The van der Waals surface area contributed by atoms with Crippen LogP contribution in [0.5, 0.6) is 0 Å². The zero-order chi connectivity index (χ0) is 26.3. The summed E-state index contributed by atoms with van der Waals surface area (Å²) in [7, 11) is -3.27. The predicted octanol–water partition coefficient (Wildman–Crippen LogP) is 3.16. The quantitative estimate of drug-likeness (QED) is 0.359. The normalized spacial score (nSPS) is 33.6. The minimum Gasteiger partial charge on any atom is -0.458 e. The van der Waals surface area contributed by atoms with E-state index >= 15 is 0 Å². The summed E-state index contributed by atoms with van der Waals surface area (Å²) in [6.45, 7) is 9.35. The molecule has 0 aromatic heterocycles. The molecule has 0 spiro atoms. The number of esters is 1. The van der Waals surface area contributed by atoms with Crippen molar-refractivity contribution in [2.45, 2.75) is 69.5 Å². The number of carbonyl (C=O) groups is 1. The van der Waals surface area contributed by atoms with E-state index in [4.69, 9.17) is 4.74 Å². The Kier molecular flexibility index (Phi) is 7.55. The zero-order valence-electron chi connectivity index (χ0n) is 21.5. The Morgan fingerprint density at radius 2 is 1.92 bits per heavy atom. The SMILES string of the molecule is C=C1CCC2[C@](C)(CC[C@@H](O)[C@@]2(C)CO)C1CC(NCc1ccc(S(C)(=O)=O)cc1)C1=CCOC1=O. The van der Waals surface area contributed by atoms with Gasteiger partial charge in [0, 0.05) is 24.3 Å². The van der Waals surface area contributed by atoms with E-state index in [2.05, 4.69) is 18.8 Å². The number of fused-ring (bicyclic) bond motifs is 1. The highest BCUT2D eigenvalue weighted by atomic mass is 32.2. The Hall–Kier alpha value is -2.00. The average Bonchev–Trinajstić information content (AvgIpc) is 3.26. The third kappa shape index (κ3) is 4.93. The van der Waals surface area contributed by atoms with Gasteiger partial charge in [-0.05, 0) is 73.1 Å². The number of allylic oxidation sites excluding steroid dienone is 1. The second-order valence-electron chi connectivity index (χ2n) is 11.4. The summed E-state index contributed by atoms with van der Waals surface area (Å²) in [5.41, 5.74) is 1.96. The molecule has 1 aromatic carbocycles. The molecule has 3 N–H and O–H groups in total. The van der Waals surface area contributed by atoms with Crippen LogP contribution in [0.1, 0.15) is 51.5 Å². The van der Waals surface area contributed by atoms with Gasteiger partial charge >= 0.3 is 5.97 Å². The minimum atomic E-state index is -3.27. The van der Waals surface area contributed by atoms with Crippen LogP contribution in [0.25, 0.3) is 0 Å². The van der Waals surface area contributed by atoms with Crippen LogP contribution >= 0.6 is 0 Å². The van der Waals surface area contributed by atoms with Crippen molar-refractivity contribution in [2.75, 3.05) is 19.5 Å². The van der Waals surface area contributed by atoms with Gasteiger partial charge in [-0.2, -0.15) is 0 Å². The second kappa shape index (κ2) is 10.0. The van der Waals surface area contributed by atoms with Crippen LogP contribution in [0, 0.1) is 22.7 Å². The van der Waals surface area contributed by atoms with Crippen molar-refractivity contribution in [1.82, 2.24) is 5.32 Å². The maximum Gasteiger partial charge on any atom is 0.335 e. The Labute approximate surface area is 214 Å². The molecule has 2 fully saturated rings. The molecule has 3 unspecified atom stereocenters. The second-order valence-corrected chi connectivity index (χ2v) is 13.4.